The number of hydroxylamine groups is 1. The fraction of sp³-hybridized carbons (Fsp3) is 0.176. The summed E-state index contributed by atoms with van der Waals surface area (Å²) in [5.41, 5.74) is 3.18. The van der Waals surface area contributed by atoms with Crippen LogP contribution in [0.5, 0.6) is 5.75 Å². The number of hydrogen-bond donors (Lipinski definition) is 3. The van der Waals surface area contributed by atoms with Gasteiger partial charge in [-0.25, -0.2) is 5.48 Å². The van der Waals surface area contributed by atoms with Gasteiger partial charge in [-0.15, -0.1) is 0 Å². The van der Waals surface area contributed by atoms with Gasteiger partial charge in [0.1, 0.15) is 5.75 Å². The van der Waals surface area contributed by atoms with Gasteiger partial charge in [-0.05, 0) is 48.9 Å². The normalized spacial score (nSPS) is 11.4. The summed E-state index contributed by atoms with van der Waals surface area (Å²) in [4.78, 5) is 23.7. The van der Waals surface area contributed by atoms with Crippen LogP contribution in [0.4, 0.5) is 0 Å². The second kappa shape index (κ2) is 7.42. The molecule has 6 heteroatoms. The van der Waals surface area contributed by atoms with Crippen LogP contribution in [-0.2, 0) is 0 Å². The van der Waals surface area contributed by atoms with E-state index in [1.54, 1.807) is 61.1 Å². The van der Waals surface area contributed by atoms with Crippen LogP contribution in [0.1, 0.15) is 39.2 Å². The SMILES string of the molecule is COc1ccc(C(=O)N[C@H](C)c2cccc(C(=O)NO)c2)cc1. The Hall–Kier alpha value is -2.86. The van der Waals surface area contributed by atoms with E-state index in [2.05, 4.69) is 5.32 Å². The number of ether oxygens (including phenoxy) is 1. The minimum absolute atomic E-state index is 0.225. The molecule has 6 nitrogen and oxygen atoms in total. The first kappa shape index (κ1) is 16.5. The number of methoxy groups -OCH3 is 1. The molecule has 0 aliphatic heterocycles. The number of carbonyl (C=O) groups is 2. The minimum atomic E-state index is -0.597. The Morgan fingerprint density at radius 1 is 1.04 bits per heavy atom. The molecule has 120 valence electrons. The van der Waals surface area contributed by atoms with Gasteiger partial charge in [-0.1, -0.05) is 12.1 Å². The number of hydrogen-bond acceptors (Lipinski definition) is 4. The third kappa shape index (κ3) is 4.08. The third-order valence-electron chi connectivity index (χ3n) is 3.45. The molecule has 0 aliphatic rings. The molecule has 2 aromatic carbocycles. The maximum atomic E-state index is 12.2. The van der Waals surface area contributed by atoms with Crippen molar-refractivity contribution in [1.29, 1.82) is 0 Å². The topological polar surface area (TPSA) is 87.7 Å². The van der Waals surface area contributed by atoms with Crippen LogP contribution in [0.15, 0.2) is 48.5 Å². The van der Waals surface area contributed by atoms with Crippen LogP contribution in [0.25, 0.3) is 0 Å². The van der Waals surface area contributed by atoms with Crippen LogP contribution in [0, 0.1) is 0 Å². The molecule has 3 N–H and O–H groups in total. The van der Waals surface area contributed by atoms with E-state index >= 15 is 0 Å². The van der Waals surface area contributed by atoms with Crippen molar-refractivity contribution in [3.05, 3.63) is 65.2 Å². The Labute approximate surface area is 134 Å². The van der Waals surface area contributed by atoms with Gasteiger partial charge in [-0.3, -0.25) is 14.8 Å². The molecule has 0 unspecified atom stereocenters. The number of rotatable bonds is 5. The van der Waals surface area contributed by atoms with E-state index in [0.717, 1.165) is 5.56 Å². The zero-order chi connectivity index (χ0) is 16.8. The molecule has 0 aromatic heterocycles. The number of nitrogens with one attached hydrogen (secondary N) is 2. The van der Waals surface area contributed by atoms with Gasteiger partial charge in [-0.2, -0.15) is 0 Å². The smallest absolute Gasteiger partial charge is 0.274 e. The van der Waals surface area contributed by atoms with Crippen molar-refractivity contribution in [2.24, 2.45) is 0 Å². The fourth-order valence-corrected chi connectivity index (χ4v) is 2.12. The van der Waals surface area contributed by atoms with Crippen molar-refractivity contribution in [2.75, 3.05) is 7.11 Å². The Morgan fingerprint density at radius 2 is 1.74 bits per heavy atom. The Morgan fingerprint density at radius 3 is 2.35 bits per heavy atom. The molecule has 0 aliphatic carbocycles. The fourth-order valence-electron chi connectivity index (χ4n) is 2.12. The van der Waals surface area contributed by atoms with E-state index in [0.29, 0.717) is 16.9 Å². The second-order valence-corrected chi connectivity index (χ2v) is 4.99. The van der Waals surface area contributed by atoms with Crippen molar-refractivity contribution in [3.8, 4) is 5.75 Å². The number of benzene rings is 2. The molecule has 0 saturated carbocycles. The highest BCUT2D eigenvalue weighted by Gasteiger charge is 2.13. The number of amides is 2. The van der Waals surface area contributed by atoms with Gasteiger partial charge in [0.15, 0.2) is 0 Å². The van der Waals surface area contributed by atoms with Crippen LogP contribution in [0.3, 0.4) is 0 Å². The van der Waals surface area contributed by atoms with Gasteiger partial charge >= 0.3 is 0 Å². The van der Waals surface area contributed by atoms with Gasteiger partial charge < -0.3 is 10.1 Å². The first-order valence-electron chi connectivity index (χ1n) is 7.04. The lowest BCUT2D eigenvalue weighted by molar-refractivity contribution is 0.0706. The van der Waals surface area contributed by atoms with E-state index < -0.39 is 5.91 Å². The van der Waals surface area contributed by atoms with E-state index in [-0.39, 0.29) is 11.9 Å². The molecule has 2 aromatic rings. The molecule has 0 spiro atoms. The molecular weight excluding hydrogens is 296 g/mol. The standard InChI is InChI=1S/C17H18N2O4/c1-11(13-4-3-5-14(10-13)17(21)19-22)18-16(20)12-6-8-15(23-2)9-7-12/h3-11,22H,1-2H3,(H,18,20)(H,19,21)/t11-/m1/s1. The Bertz CT molecular complexity index is 698. The minimum Gasteiger partial charge on any atom is -0.497 e. The monoisotopic (exact) mass is 314 g/mol. The molecular formula is C17H18N2O4. The zero-order valence-corrected chi connectivity index (χ0v) is 12.9. The van der Waals surface area contributed by atoms with E-state index in [4.69, 9.17) is 9.94 Å². The van der Waals surface area contributed by atoms with Crippen molar-refractivity contribution in [3.63, 3.8) is 0 Å². The summed E-state index contributed by atoms with van der Waals surface area (Å²) in [5.74, 6) is -0.144. The summed E-state index contributed by atoms with van der Waals surface area (Å²) in [7, 11) is 1.56. The van der Waals surface area contributed by atoms with Gasteiger partial charge in [0, 0.05) is 11.1 Å². The first-order valence-corrected chi connectivity index (χ1v) is 7.04. The van der Waals surface area contributed by atoms with Crippen molar-refractivity contribution in [2.45, 2.75) is 13.0 Å². The zero-order valence-electron chi connectivity index (χ0n) is 12.9. The van der Waals surface area contributed by atoms with Gasteiger partial charge in [0.05, 0.1) is 13.2 Å². The molecule has 0 bridgehead atoms. The molecule has 23 heavy (non-hydrogen) atoms. The van der Waals surface area contributed by atoms with Crippen LogP contribution in [-0.4, -0.2) is 24.1 Å². The van der Waals surface area contributed by atoms with E-state index in [1.807, 2.05) is 6.92 Å². The third-order valence-corrected chi connectivity index (χ3v) is 3.45. The molecule has 0 heterocycles. The predicted molar refractivity (Wildman–Crippen MR) is 84.6 cm³/mol. The molecule has 0 radical (unpaired) electrons. The summed E-state index contributed by atoms with van der Waals surface area (Å²) in [6.07, 6.45) is 0. The number of carbonyl (C=O) groups excluding carboxylic acids is 2. The molecule has 2 amide bonds. The average Bonchev–Trinajstić information content (AvgIpc) is 2.61. The molecule has 0 fully saturated rings. The second-order valence-electron chi connectivity index (χ2n) is 4.99. The highest BCUT2D eigenvalue weighted by Crippen LogP contribution is 2.16. The largest absolute Gasteiger partial charge is 0.497 e. The van der Waals surface area contributed by atoms with Gasteiger partial charge in [0.2, 0.25) is 0 Å². The highest BCUT2D eigenvalue weighted by atomic mass is 16.5. The lowest BCUT2D eigenvalue weighted by Crippen LogP contribution is -2.27. The van der Waals surface area contributed by atoms with Crippen LogP contribution < -0.4 is 15.5 Å². The predicted octanol–water partition coefficient (Wildman–Crippen LogP) is 2.31. The lowest BCUT2D eigenvalue weighted by atomic mass is 10.0. The Kier molecular flexibility index (Phi) is 5.32. The van der Waals surface area contributed by atoms with Crippen molar-refractivity contribution < 1.29 is 19.5 Å². The first-order chi connectivity index (χ1) is 11.0. The maximum absolute atomic E-state index is 12.2. The molecule has 1 atom stereocenters. The highest BCUT2D eigenvalue weighted by molar-refractivity contribution is 5.95. The van der Waals surface area contributed by atoms with E-state index in [9.17, 15) is 9.59 Å². The van der Waals surface area contributed by atoms with Crippen LogP contribution in [0.2, 0.25) is 0 Å². The van der Waals surface area contributed by atoms with Crippen LogP contribution >= 0.6 is 0 Å². The van der Waals surface area contributed by atoms with Gasteiger partial charge in [0.25, 0.3) is 11.8 Å². The van der Waals surface area contributed by atoms with Crippen molar-refractivity contribution in [1.82, 2.24) is 10.8 Å². The lowest BCUT2D eigenvalue weighted by Gasteiger charge is -2.15. The summed E-state index contributed by atoms with van der Waals surface area (Å²) in [6.45, 7) is 1.82. The summed E-state index contributed by atoms with van der Waals surface area (Å²) < 4.78 is 5.06. The van der Waals surface area contributed by atoms with E-state index in [1.165, 1.54) is 0 Å². The molecule has 0 saturated heterocycles. The quantitative estimate of drug-likeness (QED) is 0.584. The summed E-state index contributed by atoms with van der Waals surface area (Å²) in [5, 5.41) is 11.5. The molecule has 2 rings (SSSR count). The van der Waals surface area contributed by atoms with Crippen molar-refractivity contribution >= 4 is 11.8 Å². The average molecular weight is 314 g/mol. The Balaban J connectivity index is 2.09. The maximum Gasteiger partial charge on any atom is 0.274 e. The summed E-state index contributed by atoms with van der Waals surface area (Å²) in [6, 6.07) is 13.2. The summed E-state index contributed by atoms with van der Waals surface area (Å²) >= 11 is 0.